The maximum Gasteiger partial charge on any atom is 0.417 e. The van der Waals surface area contributed by atoms with E-state index in [2.05, 4.69) is 9.97 Å². The van der Waals surface area contributed by atoms with E-state index < -0.39 is 52.2 Å². The van der Waals surface area contributed by atoms with Crippen molar-refractivity contribution >= 4 is 49.1 Å². The van der Waals surface area contributed by atoms with Gasteiger partial charge in [-0.2, -0.15) is 28.4 Å². The molecule has 16 heteroatoms. The van der Waals surface area contributed by atoms with E-state index >= 15 is 17.6 Å². The molecule has 9 nitrogen and oxygen atoms in total. The van der Waals surface area contributed by atoms with E-state index in [1.807, 2.05) is 17.9 Å². The molecule has 5 heterocycles. The second-order valence-corrected chi connectivity index (χ2v) is 14.7. The highest BCUT2D eigenvalue weighted by molar-refractivity contribution is 7.23. The highest BCUT2D eigenvalue weighted by Crippen LogP contribution is 2.48. The van der Waals surface area contributed by atoms with Crippen molar-refractivity contribution in [1.82, 2.24) is 19.8 Å². The average molecular weight is 732 g/mol. The normalized spacial score (nSPS) is 23.7. The molecule has 0 spiro atoms. The smallest absolute Gasteiger partial charge is 0.417 e. The number of carbonyl (C=O) groups excluding carboxylic acids is 1. The zero-order valence-electron chi connectivity index (χ0n) is 28.1. The average Bonchev–Trinajstić information content (AvgIpc) is 3.83. The highest BCUT2D eigenvalue weighted by Gasteiger charge is 2.49. The molecule has 0 radical (unpaired) electrons. The number of thiophene rings is 1. The van der Waals surface area contributed by atoms with E-state index in [1.165, 1.54) is 0 Å². The summed E-state index contributed by atoms with van der Waals surface area (Å²) in [7, 11) is 1.62. The van der Waals surface area contributed by atoms with Gasteiger partial charge in [-0.1, -0.05) is 13.0 Å². The Morgan fingerprint density at radius 3 is 2.73 bits per heavy atom. The quantitative estimate of drug-likeness (QED) is 0.202. The van der Waals surface area contributed by atoms with Crippen LogP contribution < -0.4 is 15.4 Å². The molecule has 3 aliphatic rings. The summed E-state index contributed by atoms with van der Waals surface area (Å²) in [6.07, 6.45) is -3.71. The van der Waals surface area contributed by atoms with Crippen molar-refractivity contribution in [3.8, 4) is 23.2 Å². The first-order valence-electron chi connectivity index (χ1n) is 16.8. The molecule has 3 fully saturated rings. The lowest BCUT2D eigenvalue weighted by Crippen LogP contribution is -2.44. The Morgan fingerprint density at radius 2 is 2.02 bits per heavy atom. The van der Waals surface area contributed by atoms with Crippen molar-refractivity contribution < 1.29 is 35.9 Å². The van der Waals surface area contributed by atoms with E-state index in [4.69, 9.17) is 10.5 Å². The van der Waals surface area contributed by atoms with Gasteiger partial charge < -0.3 is 20.3 Å². The van der Waals surface area contributed by atoms with Crippen LogP contribution in [0.15, 0.2) is 18.2 Å². The Labute approximate surface area is 293 Å². The Balaban J connectivity index is 1.45. The number of hydrogen-bond acceptors (Lipinski definition) is 9. The first-order chi connectivity index (χ1) is 24.2. The number of likely N-dealkylation sites (tertiary alicyclic amines) is 1. The van der Waals surface area contributed by atoms with Gasteiger partial charge in [-0.15, -0.1) is 11.3 Å². The van der Waals surface area contributed by atoms with Crippen molar-refractivity contribution in [2.24, 2.45) is 0 Å². The van der Waals surface area contributed by atoms with Crippen LogP contribution in [0.5, 0.6) is 6.01 Å². The van der Waals surface area contributed by atoms with Gasteiger partial charge in [0.1, 0.15) is 41.0 Å². The largest absolute Gasteiger partial charge is 0.461 e. The van der Waals surface area contributed by atoms with Crippen molar-refractivity contribution in [3.63, 3.8) is 0 Å². The molecule has 2 N–H and O–H groups in total. The number of nitrogen functional groups attached to an aromatic ring is 1. The minimum atomic E-state index is -5.12. The van der Waals surface area contributed by atoms with Crippen molar-refractivity contribution in [3.05, 3.63) is 41.0 Å². The second-order valence-electron chi connectivity index (χ2n) is 13.6. The summed E-state index contributed by atoms with van der Waals surface area (Å²) < 4.78 is 97.6. The number of anilines is 2. The highest BCUT2D eigenvalue weighted by atomic mass is 32.1. The summed E-state index contributed by atoms with van der Waals surface area (Å²) in [6.45, 7) is 4.91. The fourth-order valence-electron chi connectivity index (χ4n) is 8.32. The molecule has 270 valence electrons. The summed E-state index contributed by atoms with van der Waals surface area (Å²) in [6, 6.07) is 3.42. The van der Waals surface area contributed by atoms with Crippen LogP contribution in [-0.4, -0.2) is 82.8 Å². The number of carbonyl (C=O) groups is 1. The number of likely N-dealkylation sites (N-methyl/N-ethyl adjacent to an activating group) is 1. The molecule has 4 atom stereocenters. The summed E-state index contributed by atoms with van der Waals surface area (Å²) in [5, 5.41) is 9.21. The van der Waals surface area contributed by atoms with Crippen molar-refractivity contribution in [2.75, 3.05) is 43.9 Å². The number of benzene rings is 2. The third kappa shape index (κ3) is 5.69. The lowest BCUT2D eigenvalue weighted by Gasteiger charge is -2.33. The maximum atomic E-state index is 17.1. The number of nitrogens with two attached hydrogens (primary N) is 1. The van der Waals surface area contributed by atoms with Gasteiger partial charge in [-0.3, -0.25) is 9.69 Å². The number of nitriles is 1. The molecule has 2 aromatic carbocycles. The molecule has 0 bridgehead atoms. The molecule has 3 saturated heterocycles. The topological polar surface area (TPSA) is 112 Å². The Morgan fingerprint density at radius 1 is 1.25 bits per heavy atom. The molecular formula is C35H35F6N7O2S. The number of hydrogen-bond donors (Lipinski definition) is 1. The fraction of sp³-hybridized carbons (Fsp3) is 0.486. The zero-order chi connectivity index (χ0) is 36.6. The minimum Gasteiger partial charge on any atom is -0.461 e. The third-order valence-electron chi connectivity index (χ3n) is 10.8. The molecule has 51 heavy (non-hydrogen) atoms. The SMILES string of the molecule is CCC(=O)N1CC[C@@H](N(C)c2nc(OC[C@@]34CCCN3C[C@H](F)C4)nc3c(F)c(-c4ccc(F)c5sc(N)c(C#N)c45)c(C(F)(F)F)cc23)[C@H]1C. The predicted octanol–water partition coefficient (Wildman–Crippen LogP) is 7.05. The number of ether oxygens (including phenoxy) is 1. The Bertz CT molecular complexity index is 2100. The molecule has 4 aromatic rings. The van der Waals surface area contributed by atoms with Crippen LogP contribution in [0.3, 0.4) is 0 Å². The Kier molecular flexibility index (Phi) is 8.73. The van der Waals surface area contributed by atoms with Crippen molar-refractivity contribution in [2.45, 2.75) is 75.9 Å². The molecule has 2 aromatic heterocycles. The van der Waals surface area contributed by atoms with Gasteiger partial charge >= 0.3 is 12.2 Å². The second kappa shape index (κ2) is 12.7. The first-order valence-corrected chi connectivity index (χ1v) is 17.6. The summed E-state index contributed by atoms with van der Waals surface area (Å²) in [4.78, 5) is 26.9. The number of fused-ring (bicyclic) bond motifs is 3. The number of nitrogens with zero attached hydrogens (tertiary/aromatic N) is 6. The number of alkyl halides is 4. The van der Waals surface area contributed by atoms with Gasteiger partial charge in [-0.05, 0) is 50.4 Å². The van der Waals surface area contributed by atoms with E-state index in [9.17, 15) is 18.8 Å². The molecule has 7 rings (SSSR count). The van der Waals surface area contributed by atoms with E-state index in [0.29, 0.717) is 37.3 Å². The lowest BCUT2D eigenvalue weighted by molar-refractivity contribution is -0.137. The van der Waals surface area contributed by atoms with Gasteiger partial charge in [0.05, 0.1) is 27.4 Å². The van der Waals surface area contributed by atoms with Gasteiger partial charge in [0.15, 0.2) is 5.82 Å². The molecule has 0 unspecified atom stereocenters. The maximum absolute atomic E-state index is 17.1. The van der Waals surface area contributed by atoms with E-state index in [1.54, 1.807) is 23.8 Å². The molecular weight excluding hydrogens is 696 g/mol. The van der Waals surface area contributed by atoms with Crippen LogP contribution in [0, 0.1) is 23.0 Å². The standard InChI is InChI=1S/C35H35F6N7O2S/c1-4-25(49)48-11-8-24(17(48)2)46(3)32-20-12-22(35(39,40)41)27(19-6-7-23(37)30-26(19)21(14-42)31(43)51-30)28(38)29(20)44-33(45-32)50-16-34-9-5-10-47(34)15-18(36)13-34/h6-7,12,17-18,24H,4-5,8-11,13,15-16,43H2,1-3H3/t17-,18-,24-,34+/m1/s1. The summed E-state index contributed by atoms with van der Waals surface area (Å²) >= 11 is 0.680. The summed E-state index contributed by atoms with van der Waals surface area (Å²) in [5.74, 6) is -2.33. The lowest BCUT2D eigenvalue weighted by atomic mass is 9.92. The Hall–Kier alpha value is -4.36. The summed E-state index contributed by atoms with van der Waals surface area (Å²) in [5.41, 5.74) is 1.88. The fourth-order valence-corrected chi connectivity index (χ4v) is 9.27. The monoisotopic (exact) mass is 731 g/mol. The van der Waals surface area contributed by atoms with Crippen LogP contribution in [-0.2, 0) is 11.0 Å². The van der Waals surface area contributed by atoms with Crippen LogP contribution >= 0.6 is 11.3 Å². The van der Waals surface area contributed by atoms with Crippen molar-refractivity contribution in [1.29, 1.82) is 5.26 Å². The number of halogens is 6. The molecule has 0 saturated carbocycles. The molecule has 3 aliphatic heterocycles. The first kappa shape index (κ1) is 35.1. The minimum absolute atomic E-state index is 0.0197. The third-order valence-corrected chi connectivity index (χ3v) is 11.8. The predicted molar refractivity (Wildman–Crippen MR) is 181 cm³/mol. The van der Waals surface area contributed by atoms with Crippen LogP contribution in [0.4, 0.5) is 37.2 Å². The van der Waals surface area contributed by atoms with Gasteiger partial charge in [0, 0.05) is 55.4 Å². The van der Waals surface area contributed by atoms with Gasteiger partial charge in [-0.25, -0.2) is 13.2 Å². The van der Waals surface area contributed by atoms with Crippen LogP contribution in [0.25, 0.3) is 32.1 Å². The van der Waals surface area contributed by atoms with Gasteiger partial charge in [0.25, 0.3) is 0 Å². The number of amides is 1. The molecule has 0 aliphatic carbocycles. The van der Waals surface area contributed by atoms with Crippen LogP contribution in [0.1, 0.15) is 57.1 Å². The number of rotatable bonds is 7. The van der Waals surface area contributed by atoms with E-state index in [0.717, 1.165) is 24.6 Å². The van der Waals surface area contributed by atoms with Crippen LogP contribution in [0.2, 0.25) is 0 Å². The van der Waals surface area contributed by atoms with Gasteiger partial charge in [0.2, 0.25) is 5.91 Å². The zero-order valence-corrected chi connectivity index (χ0v) is 28.9. The molecule has 1 amide bonds. The number of aromatic nitrogens is 2. The van der Waals surface area contributed by atoms with E-state index in [-0.39, 0.29) is 81.4 Å².